The number of ether oxygens (including phenoxy) is 1. The quantitative estimate of drug-likeness (QED) is 0.247. The molecule has 0 spiro atoms. The standard InChI is InChI=1S/C27H25FN2O2/c1-19(29-32-18-22-9-7-8-12-27(22)31-3)25-17-26(21-13-15-23(28)16-14-21)30(20(25)2)24-10-5-4-6-11-24/h4-17H,18H2,1-3H3. The monoisotopic (exact) mass is 428 g/mol. The molecule has 0 saturated heterocycles. The average Bonchev–Trinajstić information content (AvgIpc) is 3.17. The Bertz CT molecular complexity index is 1230. The second-order valence-corrected chi connectivity index (χ2v) is 7.47. The summed E-state index contributed by atoms with van der Waals surface area (Å²) in [5.74, 6) is 0.511. The molecule has 1 aromatic heterocycles. The van der Waals surface area contributed by atoms with Crippen LogP contribution >= 0.6 is 0 Å². The minimum absolute atomic E-state index is 0.258. The minimum atomic E-state index is -0.258. The number of oxime groups is 1. The Balaban J connectivity index is 1.69. The maximum atomic E-state index is 13.5. The summed E-state index contributed by atoms with van der Waals surface area (Å²) < 4.78 is 21.0. The zero-order valence-electron chi connectivity index (χ0n) is 18.4. The molecule has 0 saturated carbocycles. The normalized spacial score (nSPS) is 11.4. The average molecular weight is 429 g/mol. The summed E-state index contributed by atoms with van der Waals surface area (Å²) in [6.45, 7) is 4.29. The van der Waals surface area contributed by atoms with Crippen LogP contribution in [-0.2, 0) is 11.4 Å². The number of hydrogen-bond donors (Lipinski definition) is 0. The maximum Gasteiger partial charge on any atom is 0.145 e. The molecule has 32 heavy (non-hydrogen) atoms. The van der Waals surface area contributed by atoms with Crippen molar-refractivity contribution in [3.63, 3.8) is 0 Å². The van der Waals surface area contributed by atoms with E-state index in [0.29, 0.717) is 6.61 Å². The van der Waals surface area contributed by atoms with Crippen LogP contribution < -0.4 is 4.74 Å². The predicted octanol–water partition coefficient (Wildman–Crippen LogP) is 6.54. The van der Waals surface area contributed by atoms with Crippen molar-refractivity contribution in [2.24, 2.45) is 5.16 Å². The summed E-state index contributed by atoms with van der Waals surface area (Å²) in [7, 11) is 1.64. The summed E-state index contributed by atoms with van der Waals surface area (Å²) in [6.07, 6.45) is 0. The van der Waals surface area contributed by atoms with E-state index in [2.05, 4.69) is 34.8 Å². The molecule has 162 valence electrons. The molecule has 0 bridgehead atoms. The van der Waals surface area contributed by atoms with E-state index in [1.54, 1.807) is 19.2 Å². The van der Waals surface area contributed by atoms with Crippen molar-refractivity contribution in [3.8, 4) is 22.7 Å². The number of benzene rings is 3. The maximum absolute atomic E-state index is 13.5. The molecule has 4 rings (SSSR count). The number of halogens is 1. The topological polar surface area (TPSA) is 35.8 Å². The summed E-state index contributed by atoms with van der Waals surface area (Å²) >= 11 is 0. The highest BCUT2D eigenvalue weighted by Gasteiger charge is 2.17. The lowest BCUT2D eigenvalue weighted by Gasteiger charge is -2.12. The largest absolute Gasteiger partial charge is 0.496 e. The van der Waals surface area contributed by atoms with Crippen LogP contribution in [0.5, 0.6) is 5.75 Å². The van der Waals surface area contributed by atoms with E-state index in [1.807, 2.05) is 49.4 Å². The number of hydrogen-bond acceptors (Lipinski definition) is 3. The van der Waals surface area contributed by atoms with Gasteiger partial charge >= 0.3 is 0 Å². The molecule has 0 N–H and O–H groups in total. The molecule has 0 atom stereocenters. The molecule has 0 unspecified atom stereocenters. The second kappa shape index (κ2) is 9.52. The molecule has 0 amide bonds. The summed E-state index contributed by atoms with van der Waals surface area (Å²) in [5, 5.41) is 4.37. The summed E-state index contributed by atoms with van der Waals surface area (Å²) in [5.41, 5.74) is 6.59. The van der Waals surface area contributed by atoms with Crippen molar-refractivity contribution in [1.29, 1.82) is 0 Å². The Kier molecular flexibility index (Phi) is 6.36. The van der Waals surface area contributed by atoms with E-state index in [9.17, 15) is 4.39 Å². The lowest BCUT2D eigenvalue weighted by molar-refractivity contribution is 0.128. The van der Waals surface area contributed by atoms with Gasteiger partial charge in [0.15, 0.2) is 0 Å². The lowest BCUT2D eigenvalue weighted by atomic mass is 10.1. The molecule has 0 fully saturated rings. The van der Waals surface area contributed by atoms with Gasteiger partial charge in [0.05, 0.1) is 18.5 Å². The van der Waals surface area contributed by atoms with E-state index in [4.69, 9.17) is 9.57 Å². The van der Waals surface area contributed by atoms with Gasteiger partial charge in [-0.15, -0.1) is 0 Å². The number of nitrogens with zero attached hydrogens (tertiary/aromatic N) is 2. The number of rotatable bonds is 7. The van der Waals surface area contributed by atoms with Crippen molar-refractivity contribution in [2.75, 3.05) is 7.11 Å². The van der Waals surface area contributed by atoms with E-state index in [0.717, 1.165) is 45.2 Å². The molecule has 0 aliphatic heterocycles. The van der Waals surface area contributed by atoms with Gasteiger partial charge in [0, 0.05) is 22.5 Å². The highest BCUT2D eigenvalue weighted by atomic mass is 19.1. The Hall–Kier alpha value is -3.86. The minimum Gasteiger partial charge on any atom is -0.496 e. The molecule has 0 aliphatic carbocycles. The van der Waals surface area contributed by atoms with Gasteiger partial charge in [-0.1, -0.05) is 41.6 Å². The highest BCUT2D eigenvalue weighted by molar-refractivity contribution is 6.01. The van der Waals surface area contributed by atoms with Crippen molar-refractivity contribution in [3.05, 3.63) is 108 Å². The van der Waals surface area contributed by atoms with E-state index in [-0.39, 0.29) is 5.82 Å². The van der Waals surface area contributed by atoms with Gasteiger partial charge in [-0.25, -0.2) is 4.39 Å². The molecule has 0 aliphatic rings. The second-order valence-electron chi connectivity index (χ2n) is 7.47. The summed E-state index contributed by atoms with van der Waals surface area (Å²) in [6, 6.07) is 26.4. The number of aromatic nitrogens is 1. The molecule has 3 aromatic carbocycles. The Labute approximate surface area is 187 Å². The van der Waals surface area contributed by atoms with Gasteiger partial charge in [-0.3, -0.25) is 0 Å². The fourth-order valence-electron chi connectivity index (χ4n) is 3.79. The van der Waals surface area contributed by atoms with E-state index >= 15 is 0 Å². The van der Waals surface area contributed by atoms with Gasteiger partial charge in [-0.2, -0.15) is 0 Å². The van der Waals surface area contributed by atoms with Crippen LogP contribution in [-0.4, -0.2) is 17.4 Å². The zero-order chi connectivity index (χ0) is 22.5. The van der Waals surface area contributed by atoms with Crippen LogP contribution in [0.15, 0.2) is 90.1 Å². The van der Waals surface area contributed by atoms with Crippen molar-refractivity contribution in [1.82, 2.24) is 4.57 Å². The smallest absolute Gasteiger partial charge is 0.145 e. The molecule has 1 heterocycles. The molecule has 5 heteroatoms. The van der Waals surface area contributed by atoms with Gasteiger partial charge in [0.2, 0.25) is 0 Å². The first kappa shape index (κ1) is 21.4. The first-order valence-corrected chi connectivity index (χ1v) is 10.4. The Morgan fingerprint density at radius 1 is 0.938 bits per heavy atom. The first-order chi connectivity index (χ1) is 15.6. The SMILES string of the molecule is COc1ccccc1CON=C(C)c1cc(-c2ccc(F)cc2)n(-c2ccccc2)c1C. The van der Waals surface area contributed by atoms with Crippen molar-refractivity contribution in [2.45, 2.75) is 20.5 Å². The molecular weight excluding hydrogens is 403 g/mol. The van der Waals surface area contributed by atoms with E-state index in [1.165, 1.54) is 12.1 Å². The van der Waals surface area contributed by atoms with Gasteiger partial charge in [0.1, 0.15) is 18.2 Å². The lowest BCUT2D eigenvalue weighted by Crippen LogP contribution is -2.02. The van der Waals surface area contributed by atoms with Crippen LogP contribution in [0.25, 0.3) is 16.9 Å². The first-order valence-electron chi connectivity index (χ1n) is 10.4. The Morgan fingerprint density at radius 2 is 1.62 bits per heavy atom. The third-order valence-corrected chi connectivity index (χ3v) is 5.41. The van der Waals surface area contributed by atoms with Gasteiger partial charge < -0.3 is 14.1 Å². The number of methoxy groups -OCH3 is 1. The third kappa shape index (κ3) is 4.42. The van der Waals surface area contributed by atoms with Crippen LogP contribution in [0.2, 0.25) is 0 Å². The zero-order valence-corrected chi connectivity index (χ0v) is 18.4. The van der Waals surface area contributed by atoms with Crippen molar-refractivity contribution < 1.29 is 14.0 Å². The van der Waals surface area contributed by atoms with Gasteiger partial charge in [-0.05, 0) is 67.9 Å². The molecule has 4 nitrogen and oxygen atoms in total. The van der Waals surface area contributed by atoms with Crippen LogP contribution in [0.3, 0.4) is 0 Å². The fourth-order valence-corrected chi connectivity index (χ4v) is 3.79. The molecular formula is C27H25FN2O2. The third-order valence-electron chi connectivity index (χ3n) is 5.41. The van der Waals surface area contributed by atoms with Gasteiger partial charge in [0.25, 0.3) is 0 Å². The Morgan fingerprint density at radius 3 is 2.34 bits per heavy atom. The summed E-state index contributed by atoms with van der Waals surface area (Å²) in [4.78, 5) is 5.66. The number of para-hydroxylation sites is 2. The molecule has 4 aromatic rings. The highest BCUT2D eigenvalue weighted by Crippen LogP contribution is 2.30. The van der Waals surface area contributed by atoms with Crippen LogP contribution in [0.4, 0.5) is 4.39 Å². The fraction of sp³-hybridized carbons (Fsp3) is 0.148. The predicted molar refractivity (Wildman–Crippen MR) is 126 cm³/mol. The van der Waals surface area contributed by atoms with E-state index < -0.39 is 0 Å². The van der Waals surface area contributed by atoms with Crippen LogP contribution in [0.1, 0.15) is 23.7 Å². The van der Waals surface area contributed by atoms with Crippen LogP contribution in [0, 0.1) is 12.7 Å². The van der Waals surface area contributed by atoms with Crippen molar-refractivity contribution >= 4 is 5.71 Å². The molecule has 0 radical (unpaired) electrons.